The van der Waals surface area contributed by atoms with Crippen molar-refractivity contribution in [3.63, 3.8) is 0 Å². The topological polar surface area (TPSA) is 0 Å². The van der Waals surface area contributed by atoms with Crippen LogP contribution in [-0.4, -0.2) is 16.1 Å². The Morgan fingerprint density at radius 3 is 1.02 bits per heavy atom. The molecule has 2 heterocycles. The van der Waals surface area contributed by atoms with Crippen LogP contribution < -0.4 is 0 Å². The average molecular weight is 607 g/mol. The third-order valence-electron chi connectivity index (χ3n) is 9.40. The molecule has 0 unspecified atom stereocenters. The highest BCUT2D eigenvalue weighted by atomic mass is 28.3. The molecular formula is C42H46Si2. The Morgan fingerprint density at radius 2 is 0.705 bits per heavy atom. The van der Waals surface area contributed by atoms with Crippen molar-refractivity contribution < 1.29 is 0 Å². The van der Waals surface area contributed by atoms with E-state index in [0.29, 0.717) is 0 Å². The van der Waals surface area contributed by atoms with Gasteiger partial charge in [-0.3, -0.25) is 0 Å². The summed E-state index contributed by atoms with van der Waals surface area (Å²) >= 11 is 0. The van der Waals surface area contributed by atoms with E-state index >= 15 is 0 Å². The summed E-state index contributed by atoms with van der Waals surface area (Å²) in [6, 6.07) is 40.9. The lowest BCUT2D eigenvalue weighted by Crippen LogP contribution is -2.23. The smallest absolute Gasteiger partial charge is 0.0821 e. The first kappa shape index (κ1) is 30.3. The SMILES string of the molecule is CCCC1=C(c2ccc(-c3ccc(C4=C(CCC)C(c5ccccc5)=C[Si]4(C)C)cc3)cc2)[Si](C)(C)C=C1c1ccccc1. The number of benzene rings is 4. The lowest BCUT2D eigenvalue weighted by molar-refractivity contribution is 0.935. The highest BCUT2D eigenvalue weighted by Crippen LogP contribution is 2.47. The van der Waals surface area contributed by atoms with Crippen LogP contribution in [-0.2, 0) is 0 Å². The van der Waals surface area contributed by atoms with Crippen molar-refractivity contribution in [3.05, 3.63) is 154 Å². The maximum atomic E-state index is 2.63. The summed E-state index contributed by atoms with van der Waals surface area (Å²) in [7, 11) is -3.44. The molecule has 0 aliphatic carbocycles. The van der Waals surface area contributed by atoms with Gasteiger partial charge in [0, 0.05) is 0 Å². The van der Waals surface area contributed by atoms with Crippen molar-refractivity contribution in [1.29, 1.82) is 0 Å². The Kier molecular flexibility index (Phi) is 8.50. The fraction of sp³-hybridized carbons (Fsp3) is 0.238. The predicted molar refractivity (Wildman–Crippen MR) is 199 cm³/mol. The van der Waals surface area contributed by atoms with Gasteiger partial charge in [-0.05, 0) is 78.9 Å². The van der Waals surface area contributed by atoms with Crippen LogP contribution in [0.2, 0.25) is 26.2 Å². The first-order valence-electron chi connectivity index (χ1n) is 16.5. The van der Waals surface area contributed by atoms with E-state index < -0.39 is 16.1 Å². The van der Waals surface area contributed by atoms with Crippen LogP contribution in [0.4, 0.5) is 0 Å². The summed E-state index contributed by atoms with van der Waals surface area (Å²) in [5.74, 6) is 0. The fourth-order valence-corrected chi connectivity index (χ4v) is 13.9. The molecular weight excluding hydrogens is 561 g/mol. The summed E-state index contributed by atoms with van der Waals surface area (Å²) < 4.78 is 0. The maximum absolute atomic E-state index is 2.63. The van der Waals surface area contributed by atoms with E-state index in [1.54, 1.807) is 21.5 Å². The van der Waals surface area contributed by atoms with E-state index in [9.17, 15) is 0 Å². The zero-order valence-electron chi connectivity index (χ0n) is 27.4. The molecule has 0 aromatic heterocycles. The second-order valence-corrected chi connectivity index (χ2v) is 22.1. The molecule has 0 amide bonds. The minimum atomic E-state index is -1.72. The molecule has 2 aliphatic rings. The Morgan fingerprint density at radius 1 is 0.386 bits per heavy atom. The van der Waals surface area contributed by atoms with Crippen molar-refractivity contribution in [2.45, 2.75) is 65.7 Å². The first-order chi connectivity index (χ1) is 21.2. The molecule has 2 heteroatoms. The second-order valence-electron chi connectivity index (χ2n) is 13.7. The Balaban J connectivity index is 1.32. The molecule has 4 aromatic rings. The first-order valence-corrected chi connectivity index (χ1v) is 22.6. The normalized spacial score (nSPS) is 17.2. The van der Waals surface area contributed by atoms with E-state index in [2.05, 4.69) is 161 Å². The molecule has 0 saturated heterocycles. The van der Waals surface area contributed by atoms with Crippen molar-refractivity contribution in [1.82, 2.24) is 0 Å². The van der Waals surface area contributed by atoms with E-state index in [4.69, 9.17) is 0 Å². The van der Waals surface area contributed by atoms with Crippen LogP contribution in [0.15, 0.2) is 132 Å². The van der Waals surface area contributed by atoms with Crippen LogP contribution in [0.5, 0.6) is 0 Å². The van der Waals surface area contributed by atoms with Gasteiger partial charge in [-0.25, -0.2) is 0 Å². The van der Waals surface area contributed by atoms with Crippen molar-refractivity contribution in [3.8, 4) is 11.1 Å². The molecule has 222 valence electrons. The molecule has 0 atom stereocenters. The number of allylic oxidation sites excluding steroid dienone is 4. The Hall–Kier alpha value is -3.73. The van der Waals surface area contributed by atoms with E-state index in [1.807, 2.05) is 0 Å². The lowest BCUT2D eigenvalue weighted by atomic mass is 9.93. The van der Waals surface area contributed by atoms with Gasteiger partial charge in [0.15, 0.2) is 0 Å². The van der Waals surface area contributed by atoms with Gasteiger partial charge in [-0.15, -0.1) is 0 Å². The molecule has 6 rings (SSSR count). The van der Waals surface area contributed by atoms with Crippen LogP contribution in [0.3, 0.4) is 0 Å². The molecule has 0 saturated carbocycles. The van der Waals surface area contributed by atoms with Gasteiger partial charge in [0.2, 0.25) is 0 Å². The van der Waals surface area contributed by atoms with E-state index in [0.717, 1.165) is 25.7 Å². The number of hydrogen-bond acceptors (Lipinski definition) is 0. The predicted octanol–water partition coefficient (Wildman–Crippen LogP) is 12.2. The lowest BCUT2D eigenvalue weighted by Gasteiger charge is -2.22. The quantitative estimate of drug-likeness (QED) is 0.166. The van der Waals surface area contributed by atoms with Crippen LogP contribution in [0.25, 0.3) is 32.7 Å². The molecule has 0 N–H and O–H groups in total. The minimum Gasteiger partial charge on any atom is -0.0821 e. The molecule has 4 aromatic carbocycles. The Bertz CT molecular complexity index is 1630. The van der Waals surface area contributed by atoms with Crippen LogP contribution in [0, 0.1) is 0 Å². The van der Waals surface area contributed by atoms with Gasteiger partial charge in [0.05, 0.1) is 0 Å². The summed E-state index contributed by atoms with van der Waals surface area (Å²) in [6.07, 6.45) is 4.59. The average Bonchev–Trinajstić information content (AvgIpc) is 3.46. The Labute approximate surface area is 267 Å². The van der Waals surface area contributed by atoms with Gasteiger partial charge in [-0.1, -0.05) is 173 Å². The second kappa shape index (κ2) is 12.3. The summed E-state index contributed by atoms with van der Waals surface area (Å²) in [4.78, 5) is 0. The minimum absolute atomic E-state index is 1.13. The van der Waals surface area contributed by atoms with Gasteiger partial charge >= 0.3 is 0 Å². The third kappa shape index (κ3) is 5.74. The largest absolute Gasteiger partial charge is 0.106 e. The zero-order chi connectivity index (χ0) is 30.9. The molecule has 0 radical (unpaired) electrons. The van der Waals surface area contributed by atoms with E-state index in [1.165, 1.54) is 44.5 Å². The van der Waals surface area contributed by atoms with Gasteiger partial charge in [-0.2, -0.15) is 0 Å². The zero-order valence-corrected chi connectivity index (χ0v) is 29.4. The van der Waals surface area contributed by atoms with Gasteiger partial charge in [0.1, 0.15) is 16.1 Å². The van der Waals surface area contributed by atoms with E-state index in [-0.39, 0.29) is 0 Å². The van der Waals surface area contributed by atoms with Crippen LogP contribution in [0.1, 0.15) is 61.8 Å². The maximum Gasteiger partial charge on any atom is 0.106 e. The van der Waals surface area contributed by atoms with Gasteiger partial charge < -0.3 is 0 Å². The molecule has 0 fully saturated rings. The fourth-order valence-electron chi connectivity index (χ4n) is 7.61. The molecule has 0 nitrogen and oxygen atoms in total. The van der Waals surface area contributed by atoms with Crippen molar-refractivity contribution >= 4 is 37.7 Å². The van der Waals surface area contributed by atoms with Crippen LogP contribution >= 0.6 is 0 Å². The molecule has 2 aliphatic heterocycles. The molecule has 0 spiro atoms. The number of hydrogen-bond donors (Lipinski definition) is 0. The number of rotatable bonds is 9. The highest BCUT2D eigenvalue weighted by Gasteiger charge is 2.36. The highest BCUT2D eigenvalue weighted by molar-refractivity contribution is 7.01. The standard InChI is InChI=1S/C42H46Si2/c1-7-15-37-39(33-17-11-9-12-18-33)29-43(3,4)41(37)35-25-21-31(22-26-35)32-23-27-36(28-24-32)42-38(16-8-2)40(30-44(42,5)6)34-19-13-10-14-20-34/h9-14,17-30H,7-8,15-16H2,1-6H3. The summed E-state index contributed by atoms with van der Waals surface area (Å²) in [6.45, 7) is 14.6. The summed E-state index contributed by atoms with van der Waals surface area (Å²) in [5, 5.41) is 3.23. The van der Waals surface area contributed by atoms with Gasteiger partial charge in [0.25, 0.3) is 0 Å². The van der Waals surface area contributed by atoms with Crippen molar-refractivity contribution in [2.75, 3.05) is 0 Å². The molecule has 44 heavy (non-hydrogen) atoms. The van der Waals surface area contributed by atoms with Crippen molar-refractivity contribution in [2.24, 2.45) is 0 Å². The monoisotopic (exact) mass is 606 g/mol. The third-order valence-corrected chi connectivity index (χ3v) is 15.2. The summed E-state index contributed by atoms with van der Waals surface area (Å²) in [5.41, 5.74) is 19.4. The molecule has 0 bridgehead atoms.